The molecule has 0 saturated carbocycles. The number of ketones is 1. The molecular weight excluding hydrogens is 352 g/mol. The average molecular weight is 367 g/mol. The molecule has 1 aromatic heterocycles. The van der Waals surface area contributed by atoms with E-state index in [9.17, 15) is 9.59 Å². The number of carbonyl (C=O) groups excluding carboxylic acids is 1. The first-order valence-electron chi connectivity index (χ1n) is 7.80. The molecule has 0 aliphatic heterocycles. The fraction of sp³-hybridized carbons (Fsp3) is 0.0526. The van der Waals surface area contributed by atoms with Crippen LogP contribution in [0.3, 0.4) is 0 Å². The smallest absolute Gasteiger partial charge is 0.251 e. The van der Waals surface area contributed by atoms with Crippen LogP contribution in [-0.4, -0.2) is 21.5 Å². The van der Waals surface area contributed by atoms with Crippen molar-refractivity contribution in [2.75, 3.05) is 5.43 Å². The van der Waals surface area contributed by atoms with Crippen LogP contribution in [0.4, 0.5) is 5.69 Å². The predicted molar refractivity (Wildman–Crippen MR) is 102 cm³/mol. The Morgan fingerprint density at radius 3 is 2.58 bits per heavy atom. The summed E-state index contributed by atoms with van der Waals surface area (Å²) in [5, 5.41) is 4.72. The normalized spacial score (nSPS) is 11.2. The van der Waals surface area contributed by atoms with Crippen LogP contribution in [0.15, 0.2) is 70.6 Å². The van der Waals surface area contributed by atoms with Gasteiger partial charge < -0.3 is 4.98 Å². The minimum Gasteiger partial charge on any atom is -0.305 e. The highest BCUT2D eigenvalue weighted by Crippen LogP contribution is 2.15. The highest BCUT2D eigenvalue weighted by atomic mass is 35.5. The lowest BCUT2D eigenvalue weighted by Crippen LogP contribution is -2.24. The third-order valence-corrected chi connectivity index (χ3v) is 3.70. The van der Waals surface area contributed by atoms with Crippen molar-refractivity contribution in [3.8, 4) is 0 Å². The Morgan fingerprint density at radius 1 is 1.12 bits per heavy atom. The number of hydrogen-bond acceptors (Lipinski definition) is 5. The van der Waals surface area contributed by atoms with Gasteiger partial charge in [0, 0.05) is 22.3 Å². The van der Waals surface area contributed by atoms with Gasteiger partial charge >= 0.3 is 0 Å². The summed E-state index contributed by atoms with van der Waals surface area (Å²) in [7, 11) is 0. The van der Waals surface area contributed by atoms with Gasteiger partial charge in [-0.2, -0.15) is 5.10 Å². The summed E-state index contributed by atoms with van der Waals surface area (Å²) in [6, 6.07) is 16.9. The van der Waals surface area contributed by atoms with Crippen molar-refractivity contribution in [1.82, 2.24) is 9.97 Å². The zero-order chi connectivity index (χ0) is 18.5. The van der Waals surface area contributed by atoms with Crippen molar-refractivity contribution in [3.63, 3.8) is 0 Å². The number of nitrogens with zero attached hydrogens (tertiary/aromatic N) is 2. The molecule has 1 heterocycles. The first kappa shape index (κ1) is 17.6. The molecule has 0 saturated heterocycles. The molecule has 0 spiro atoms. The van der Waals surface area contributed by atoms with E-state index in [4.69, 9.17) is 11.6 Å². The number of carbonyl (C=O) groups is 1. The third kappa shape index (κ3) is 4.23. The first-order chi connectivity index (χ1) is 12.5. The van der Waals surface area contributed by atoms with Gasteiger partial charge in [0.2, 0.25) is 5.78 Å². The van der Waals surface area contributed by atoms with Crippen molar-refractivity contribution in [2.45, 2.75) is 6.92 Å². The van der Waals surface area contributed by atoms with Crippen LogP contribution < -0.4 is 11.0 Å². The van der Waals surface area contributed by atoms with E-state index in [2.05, 4.69) is 20.5 Å². The van der Waals surface area contributed by atoms with E-state index in [1.807, 2.05) is 6.07 Å². The number of aromatic amines is 1. The van der Waals surface area contributed by atoms with Crippen molar-refractivity contribution in [2.24, 2.45) is 5.10 Å². The number of rotatable bonds is 5. The van der Waals surface area contributed by atoms with E-state index in [0.29, 0.717) is 22.0 Å². The largest absolute Gasteiger partial charge is 0.305 e. The second kappa shape index (κ2) is 7.76. The van der Waals surface area contributed by atoms with Crippen molar-refractivity contribution in [3.05, 3.63) is 93.1 Å². The number of aromatic nitrogens is 2. The Morgan fingerprint density at radius 2 is 1.88 bits per heavy atom. The SMILES string of the molecule is Cc1cc(=O)[nH]c(/C(=N\Nc2cccc(Cl)c2)C(=O)c2ccccc2)n1. The van der Waals surface area contributed by atoms with Crippen LogP contribution >= 0.6 is 11.6 Å². The van der Waals surface area contributed by atoms with Crippen LogP contribution in [0.5, 0.6) is 0 Å². The number of halogens is 1. The third-order valence-electron chi connectivity index (χ3n) is 3.47. The summed E-state index contributed by atoms with van der Waals surface area (Å²) in [6.07, 6.45) is 0. The van der Waals surface area contributed by atoms with E-state index in [0.717, 1.165) is 0 Å². The number of hydrogen-bond donors (Lipinski definition) is 2. The van der Waals surface area contributed by atoms with Crippen molar-refractivity contribution >= 4 is 28.8 Å². The van der Waals surface area contributed by atoms with Gasteiger partial charge in [-0.05, 0) is 25.1 Å². The van der Waals surface area contributed by atoms with Gasteiger partial charge in [0.1, 0.15) is 0 Å². The molecule has 0 fully saturated rings. The van der Waals surface area contributed by atoms with Gasteiger partial charge in [0.15, 0.2) is 11.5 Å². The topological polar surface area (TPSA) is 87.2 Å². The molecule has 0 amide bonds. The highest BCUT2D eigenvalue weighted by molar-refractivity contribution is 6.50. The molecule has 2 aromatic carbocycles. The Kier molecular flexibility index (Phi) is 5.24. The number of Topliss-reactive ketones (excluding diaryl/α,β-unsaturated/α-hetero) is 1. The fourth-order valence-corrected chi connectivity index (χ4v) is 2.50. The number of hydrazone groups is 1. The second-order valence-corrected chi connectivity index (χ2v) is 5.95. The average Bonchev–Trinajstić information content (AvgIpc) is 2.62. The Hall–Kier alpha value is -3.25. The quantitative estimate of drug-likeness (QED) is 0.411. The molecular formula is C19H15ClN4O2. The molecule has 26 heavy (non-hydrogen) atoms. The molecule has 0 radical (unpaired) electrons. The Labute approximate surface area is 154 Å². The number of anilines is 1. The fourth-order valence-electron chi connectivity index (χ4n) is 2.31. The summed E-state index contributed by atoms with van der Waals surface area (Å²) >= 11 is 5.96. The molecule has 0 aliphatic carbocycles. The first-order valence-corrected chi connectivity index (χ1v) is 8.18. The summed E-state index contributed by atoms with van der Waals surface area (Å²) in [6.45, 7) is 1.67. The van der Waals surface area contributed by atoms with Crippen LogP contribution in [0.1, 0.15) is 21.9 Å². The Balaban J connectivity index is 2.05. The van der Waals surface area contributed by atoms with Gasteiger partial charge in [-0.3, -0.25) is 15.0 Å². The number of benzene rings is 2. The molecule has 0 unspecified atom stereocenters. The van der Waals surface area contributed by atoms with E-state index in [1.165, 1.54) is 6.07 Å². The molecule has 130 valence electrons. The van der Waals surface area contributed by atoms with Crippen LogP contribution in [0, 0.1) is 6.92 Å². The zero-order valence-corrected chi connectivity index (χ0v) is 14.6. The molecule has 2 N–H and O–H groups in total. The molecule has 0 aliphatic rings. The Bertz CT molecular complexity index is 1030. The molecule has 0 atom stereocenters. The predicted octanol–water partition coefficient (Wildman–Crippen LogP) is 3.43. The highest BCUT2D eigenvalue weighted by Gasteiger charge is 2.19. The summed E-state index contributed by atoms with van der Waals surface area (Å²) in [5.74, 6) is -0.271. The van der Waals surface area contributed by atoms with Gasteiger partial charge in [-0.1, -0.05) is 48.0 Å². The van der Waals surface area contributed by atoms with E-state index < -0.39 is 0 Å². The van der Waals surface area contributed by atoms with Crippen LogP contribution in [0.25, 0.3) is 0 Å². The molecule has 3 rings (SSSR count). The summed E-state index contributed by atoms with van der Waals surface area (Å²) < 4.78 is 0. The molecule has 7 heteroatoms. The zero-order valence-electron chi connectivity index (χ0n) is 13.9. The second-order valence-electron chi connectivity index (χ2n) is 5.51. The van der Waals surface area contributed by atoms with E-state index in [1.54, 1.807) is 55.5 Å². The van der Waals surface area contributed by atoms with Gasteiger partial charge in [-0.15, -0.1) is 0 Å². The maximum Gasteiger partial charge on any atom is 0.251 e. The van der Waals surface area contributed by atoms with E-state index in [-0.39, 0.29) is 22.9 Å². The lowest BCUT2D eigenvalue weighted by Gasteiger charge is -2.08. The lowest BCUT2D eigenvalue weighted by molar-refractivity contribution is 0.106. The van der Waals surface area contributed by atoms with E-state index >= 15 is 0 Å². The standard InChI is InChI=1S/C19H15ClN4O2/c1-12-10-16(25)22-19(21-12)17(18(26)13-6-3-2-4-7-13)24-23-15-9-5-8-14(20)11-15/h2-11,23H,1H3,(H,21,22,25)/b24-17-. The lowest BCUT2D eigenvalue weighted by atomic mass is 10.1. The summed E-state index contributed by atoms with van der Waals surface area (Å²) in [5.41, 5.74) is 3.96. The maximum absolute atomic E-state index is 12.9. The number of nitrogens with one attached hydrogen (secondary N) is 2. The minimum atomic E-state index is -0.367. The van der Waals surface area contributed by atoms with Crippen molar-refractivity contribution in [1.29, 1.82) is 0 Å². The van der Waals surface area contributed by atoms with Gasteiger partial charge in [0.25, 0.3) is 5.56 Å². The number of H-pyrrole nitrogens is 1. The van der Waals surface area contributed by atoms with Crippen molar-refractivity contribution < 1.29 is 4.79 Å². The van der Waals surface area contributed by atoms with Crippen LogP contribution in [-0.2, 0) is 0 Å². The molecule has 0 bridgehead atoms. The molecule has 3 aromatic rings. The number of aryl methyl sites for hydroxylation is 1. The minimum absolute atomic E-state index is 0.00280. The van der Waals surface area contributed by atoms with Gasteiger partial charge in [0.05, 0.1) is 5.69 Å². The van der Waals surface area contributed by atoms with Crippen LogP contribution in [0.2, 0.25) is 5.02 Å². The maximum atomic E-state index is 12.9. The monoisotopic (exact) mass is 366 g/mol. The van der Waals surface area contributed by atoms with Gasteiger partial charge in [-0.25, -0.2) is 4.98 Å². The summed E-state index contributed by atoms with van der Waals surface area (Å²) in [4.78, 5) is 31.5. The molecule has 6 nitrogen and oxygen atoms in total.